The molecule has 0 unspecified atom stereocenters. The zero-order valence-electron chi connectivity index (χ0n) is 10.1. The maximum atomic E-state index is 12.2. The predicted molar refractivity (Wildman–Crippen MR) is 79.9 cm³/mol. The van der Waals surface area contributed by atoms with Gasteiger partial charge in [0.15, 0.2) is 0 Å². The van der Waals surface area contributed by atoms with Crippen LogP contribution in [-0.2, 0) is 16.6 Å². The van der Waals surface area contributed by atoms with Crippen LogP contribution in [0.25, 0.3) is 0 Å². The molecule has 0 atom stereocenters. The molecule has 0 aliphatic heterocycles. The maximum Gasteiger partial charge on any atom is 0.271 e. The maximum absolute atomic E-state index is 12.2. The fourth-order valence-corrected chi connectivity index (χ4v) is 4.29. The van der Waals surface area contributed by atoms with Gasteiger partial charge in [-0.25, -0.2) is 8.42 Å². The molecule has 1 heterocycles. The lowest BCUT2D eigenvalue weighted by Crippen LogP contribution is -2.12. The molecule has 1 aromatic heterocycles. The molecule has 19 heavy (non-hydrogen) atoms. The quantitative estimate of drug-likeness (QED) is 0.878. The highest BCUT2D eigenvalue weighted by Crippen LogP contribution is 2.29. The molecule has 102 valence electrons. The molecule has 0 fully saturated rings. The zero-order chi connectivity index (χ0) is 14.0. The number of sulfonamides is 1. The van der Waals surface area contributed by atoms with Crippen LogP contribution in [0.3, 0.4) is 0 Å². The van der Waals surface area contributed by atoms with E-state index in [2.05, 4.69) is 20.7 Å². The minimum Gasteiger partial charge on any atom is -0.391 e. The highest BCUT2D eigenvalue weighted by molar-refractivity contribution is 9.10. The van der Waals surface area contributed by atoms with Gasteiger partial charge in [-0.3, -0.25) is 4.72 Å². The largest absolute Gasteiger partial charge is 0.391 e. The minimum atomic E-state index is -3.61. The summed E-state index contributed by atoms with van der Waals surface area (Å²) < 4.78 is 27.8. The highest BCUT2D eigenvalue weighted by Gasteiger charge is 2.18. The van der Waals surface area contributed by atoms with Crippen molar-refractivity contribution in [2.24, 2.45) is 0 Å². The number of hydrogen-bond donors (Lipinski definition) is 2. The van der Waals surface area contributed by atoms with Crippen LogP contribution in [0.4, 0.5) is 5.69 Å². The highest BCUT2D eigenvalue weighted by atomic mass is 79.9. The minimum absolute atomic E-state index is 0.158. The fraction of sp³-hybridized carbons (Fsp3) is 0.167. The second-order valence-electron chi connectivity index (χ2n) is 3.92. The number of benzene rings is 1. The molecule has 0 bridgehead atoms. The molecule has 0 aliphatic carbocycles. The number of nitrogens with one attached hydrogen (secondary N) is 1. The molecule has 4 nitrogen and oxygen atoms in total. The summed E-state index contributed by atoms with van der Waals surface area (Å²) in [7, 11) is -3.61. The molecule has 2 N–H and O–H groups in total. The van der Waals surface area contributed by atoms with Gasteiger partial charge in [-0.1, -0.05) is 12.1 Å². The first-order valence-corrected chi connectivity index (χ1v) is 8.51. The van der Waals surface area contributed by atoms with Crippen LogP contribution in [0.2, 0.25) is 0 Å². The summed E-state index contributed by atoms with van der Waals surface area (Å²) in [6.45, 7) is 1.73. The third-order valence-electron chi connectivity index (χ3n) is 2.49. The lowest BCUT2D eigenvalue weighted by atomic mass is 10.2. The molecular formula is C12H12BrNO3S2. The lowest BCUT2D eigenvalue weighted by molar-refractivity contribution is 0.285. The van der Waals surface area contributed by atoms with E-state index in [1.54, 1.807) is 18.2 Å². The summed E-state index contributed by atoms with van der Waals surface area (Å²) >= 11 is 4.41. The van der Waals surface area contributed by atoms with E-state index in [4.69, 9.17) is 5.11 Å². The Balaban J connectivity index is 2.33. The van der Waals surface area contributed by atoms with Crippen LogP contribution in [0.5, 0.6) is 0 Å². The zero-order valence-corrected chi connectivity index (χ0v) is 13.3. The van der Waals surface area contributed by atoms with Crippen molar-refractivity contribution in [2.45, 2.75) is 17.7 Å². The average Bonchev–Trinajstić information content (AvgIpc) is 2.84. The number of aliphatic hydroxyl groups is 1. The number of halogens is 1. The van der Waals surface area contributed by atoms with Crippen LogP contribution < -0.4 is 4.72 Å². The molecule has 0 saturated heterocycles. The van der Waals surface area contributed by atoms with Crippen molar-refractivity contribution in [3.63, 3.8) is 0 Å². The van der Waals surface area contributed by atoms with Crippen LogP contribution in [0, 0.1) is 6.92 Å². The first kappa shape index (κ1) is 14.5. The van der Waals surface area contributed by atoms with Gasteiger partial charge in [0.1, 0.15) is 4.21 Å². The van der Waals surface area contributed by atoms with Crippen LogP contribution in [0.1, 0.15) is 10.4 Å². The molecule has 2 rings (SSSR count). The number of anilines is 1. The normalized spacial score (nSPS) is 11.5. The van der Waals surface area contributed by atoms with Gasteiger partial charge < -0.3 is 5.11 Å². The third kappa shape index (κ3) is 3.17. The second kappa shape index (κ2) is 5.62. The van der Waals surface area contributed by atoms with E-state index >= 15 is 0 Å². The first-order chi connectivity index (χ1) is 8.94. The Bertz CT molecular complexity index is 695. The Hall–Kier alpha value is -0.890. The molecule has 0 amide bonds. The summed E-state index contributed by atoms with van der Waals surface area (Å²) in [5.41, 5.74) is 1.45. The van der Waals surface area contributed by atoms with E-state index in [-0.39, 0.29) is 10.8 Å². The Morgan fingerprint density at radius 2 is 2.05 bits per heavy atom. The smallest absolute Gasteiger partial charge is 0.271 e. The standard InChI is InChI=1S/C12H12BrNO3S2/c1-8-3-2-4-10(12(8)13)14-19(16,17)11-6-5-9(7-15)18-11/h2-6,14-15H,7H2,1H3. The van der Waals surface area contributed by atoms with Crippen LogP contribution in [-0.4, -0.2) is 13.5 Å². The summed E-state index contributed by atoms with van der Waals surface area (Å²) in [6, 6.07) is 8.45. The van der Waals surface area contributed by atoms with E-state index in [1.165, 1.54) is 6.07 Å². The molecule has 1 aromatic carbocycles. The topological polar surface area (TPSA) is 66.4 Å². The van der Waals surface area contributed by atoms with Crippen molar-refractivity contribution < 1.29 is 13.5 Å². The van der Waals surface area contributed by atoms with Gasteiger partial charge in [0.05, 0.1) is 12.3 Å². The van der Waals surface area contributed by atoms with E-state index in [9.17, 15) is 8.42 Å². The van der Waals surface area contributed by atoms with Gasteiger partial charge in [-0.15, -0.1) is 11.3 Å². The van der Waals surface area contributed by atoms with Crippen molar-refractivity contribution in [3.05, 3.63) is 45.2 Å². The molecule has 0 saturated carbocycles. The Morgan fingerprint density at radius 1 is 1.32 bits per heavy atom. The third-order valence-corrected chi connectivity index (χ3v) is 6.47. The predicted octanol–water partition coefficient (Wildman–Crippen LogP) is 3.11. The van der Waals surface area contributed by atoms with Gasteiger partial charge in [-0.2, -0.15) is 0 Å². The number of aryl methyl sites for hydroxylation is 1. The molecule has 0 radical (unpaired) electrons. The molecule has 0 spiro atoms. The lowest BCUT2D eigenvalue weighted by Gasteiger charge is -2.09. The summed E-state index contributed by atoms with van der Waals surface area (Å²) in [5.74, 6) is 0. The van der Waals surface area contributed by atoms with Crippen molar-refractivity contribution >= 4 is 43.0 Å². The summed E-state index contributed by atoms with van der Waals surface area (Å²) in [5, 5.41) is 8.97. The van der Waals surface area contributed by atoms with Crippen LogP contribution in [0.15, 0.2) is 39.0 Å². The van der Waals surface area contributed by atoms with E-state index in [0.717, 1.165) is 21.4 Å². The van der Waals surface area contributed by atoms with Crippen molar-refractivity contribution in [2.75, 3.05) is 4.72 Å². The number of aliphatic hydroxyl groups excluding tert-OH is 1. The Morgan fingerprint density at radius 3 is 2.68 bits per heavy atom. The van der Waals surface area contributed by atoms with Gasteiger partial charge >= 0.3 is 0 Å². The monoisotopic (exact) mass is 361 g/mol. The van der Waals surface area contributed by atoms with Crippen molar-refractivity contribution in [1.82, 2.24) is 0 Å². The van der Waals surface area contributed by atoms with Crippen molar-refractivity contribution in [1.29, 1.82) is 0 Å². The van der Waals surface area contributed by atoms with E-state index < -0.39 is 10.0 Å². The Kier molecular flexibility index (Phi) is 4.29. The molecule has 2 aromatic rings. The van der Waals surface area contributed by atoms with Crippen molar-refractivity contribution in [3.8, 4) is 0 Å². The molecule has 0 aliphatic rings. The SMILES string of the molecule is Cc1cccc(NS(=O)(=O)c2ccc(CO)s2)c1Br. The van der Waals surface area contributed by atoms with E-state index in [1.807, 2.05) is 13.0 Å². The van der Waals surface area contributed by atoms with Gasteiger partial charge in [-0.05, 0) is 46.6 Å². The number of hydrogen-bond acceptors (Lipinski definition) is 4. The average molecular weight is 362 g/mol. The summed E-state index contributed by atoms with van der Waals surface area (Å²) in [4.78, 5) is 0.615. The second-order valence-corrected chi connectivity index (χ2v) is 7.79. The number of rotatable bonds is 4. The van der Waals surface area contributed by atoms with Gasteiger partial charge in [0.2, 0.25) is 0 Å². The van der Waals surface area contributed by atoms with Crippen LogP contribution >= 0.6 is 27.3 Å². The van der Waals surface area contributed by atoms with Gasteiger partial charge in [0.25, 0.3) is 10.0 Å². The number of thiophene rings is 1. The van der Waals surface area contributed by atoms with E-state index in [0.29, 0.717) is 10.6 Å². The molecule has 7 heteroatoms. The van der Waals surface area contributed by atoms with Gasteiger partial charge in [0, 0.05) is 9.35 Å². The molecular weight excluding hydrogens is 350 g/mol. The fourth-order valence-electron chi connectivity index (χ4n) is 1.51. The summed E-state index contributed by atoms with van der Waals surface area (Å²) in [6.07, 6.45) is 0. The Labute approximate surface area is 124 Å². The first-order valence-electron chi connectivity index (χ1n) is 5.41.